The van der Waals surface area contributed by atoms with E-state index in [1.165, 1.54) is 0 Å². The van der Waals surface area contributed by atoms with E-state index in [2.05, 4.69) is 5.32 Å². The number of fused-ring (bicyclic) bond motifs is 1. The molecule has 2 aromatic rings. The summed E-state index contributed by atoms with van der Waals surface area (Å²) >= 11 is 0. The lowest BCUT2D eigenvalue weighted by Gasteiger charge is -2.20. The molecule has 0 fully saturated rings. The van der Waals surface area contributed by atoms with Crippen LogP contribution in [0.2, 0.25) is 0 Å². The van der Waals surface area contributed by atoms with Gasteiger partial charge < -0.3 is 15.2 Å². The van der Waals surface area contributed by atoms with Crippen molar-refractivity contribution in [3.63, 3.8) is 0 Å². The molecule has 0 amide bonds. The van der Waals surface area contributed by atoms with Crippen molar-refractivity contribution in [2.24, 2.45) is 0 Å². The summed E-state index contributed by atoms with van der Waals surface area (Å²) < 4.78 is 5.42. The number of nitrogens with one attached hydrogen (secondary N) is 1. The Kier molecular flexibility index (Phi) is 3.23. The lowest BCUT2D eigenvalue weighted by molar-refractivity contribution is 0.0732. The molecule has 1 heterocycles. The zero-order valence-corrected chi connectivity index (χ0v) is 10.6. The molecule has 0 radical (unpaired) electrons. The standard InChI is InChI=1S/C16H13NO3/c18-15-13-7-4-8-14(12(13)9-10-17-15)20-16(19)11-5-2-1-3-6-11/h1-10,15,17-18H. The van der Waals surface area contributed by atoms with Gasteiger partial charge in [-0.15, -0.1) is 0 Å². The Hall–Kier alpha value is -2.59. The SMILES string of the molecule is O=C(Oc1cccc2c1C=CNC2O)c1ccccc1. The van der Waals surface area contributed by atoms with Gasteiger partial charge in [-0.3, -0.25) is 0 Å². The quantitative estimate of drug-likeness (QED) is 0.648. The third-order valence-electron chi connectivity index (χ3n) is 3.11. The summed E-state index contributed by atoms with van der Waals surface area (Å²) in [4.78, 5) is 12.1. The van der Waals surface area contributed by atoms with Gasteiger partial charge in [0.2, 0.25) is 0 Å². The van der Waals surface area contributed by atoms with Crippen molar-refractivity contribution in [3.05, 3.63) is 71.4 Å². The number of rotatable bonds is 2. The van der Waals surface area contributed by atoms with Crippen LogP contribution >= 0.6 is 0 Å². The summed E-state index contributed by atoms with van der Waals surface area (Å²) in [6.07, 6.45) is 2.62. The molecule has 1 unspecified atom stereocenters. The number of benzene rings is 2. The van der Waals surface area contributed by atoms with E-state index in [0.29, 0.717) is 22.4 Å². The third kappa shape index (κ3) is 2.29. The summed E-state index contributed by atoms with van der Waals surface area (Å²) in [5, 5.41) is 12.6. The van der Waals surface area contributed by atoms with E-state index >= 15 is 0 Å². The zero-order chi connectivity index (χ0) is 13.9. The Bertz CT molecular complexity index is 665. The fourth-order valence-corrected chi connectivity index (χ4v) is 2.11. The van der Waals surface area contributed by atoms with Crippen molar-refractivity contribution in [1.29, 1.82) is 0 Å². The topological polar surface area (TPSA) is 58.6 Å². The van der Waals surface area contributed by atoms with Crippen molar-refractivity contribution in [1.82, 2.24) is 5.32 Å². The molecule has 2 aromatic carbocycles. The molecule has 100 valence electrons. The molecule has 0 saturated carbocycles. The van der Waals surface area contributed by atoms with Gasteiger partial charge in [0.1, 0.15) is 5.75 Å². The van der Waals surface area contributed by atoms with Gasteiger partial charge >= 0.3 is 5.97 Å². The molecular weight excluding hydrogens is 254 g/mol. The maximum Gasteiger partial charge on any atom is 0.343 e. The summed E-state index contributed by atoms with van der Waals surface area (Å²) in [5.74, 6) is 0.0218. The van der Waals surface area contributed by atoms with Crippen LogP contribution < -0.4 is 10.1 Å². The summed E-state index contributed by atoms with van der Waals surface area (Å²) in [6, 6.07) is 14.0. The van der Waals surface area contributed by atoms with E-state index in [1.807, 2.05) is 6.07 Å². The first-order valence-corrected chi connectivity index (χ1v) is 6.26. The minimum absolute atomic E-state index is 0.416. The zero-order valence-electron chi connectivity index (χ0n) is 10.6. The molecule has 20 heavy (non-hydrogen) atoms. The second-order valence-corrected chi connectivity index (χ2v) is 4.42. The number of hydrogen-bond acceptors (Lipinski definition) is 4. The van der Waals surface area contributed by atoms with Crippen molar-refractivity contribution in [2.45, 2.75) is 6.23 Å². The number of aliphatic hydroxyl groups excluding tert-OH is 1. The number of ether oxygens (including phenoxy) is 1. The Morgan fingerprint density at radius 2 is 1.90 bits per heavy atom. The minimum Gasteiger partial charge on any atom is -0.422 e. The van der Waals surface area contributed by atoms with Gasteiger partial charge in [0.05, 0.1) is 5.56 Å². The van der Waals surface area contributed by atoms with Crippen LogP contribution in [0.3, 0.4) is 0 Å². The van der Waals surface area contributed by atoms with E-state index in [1.54, 1.807) is 54.7 Å². The molecule has 2 N–H and O–H groups in total. The molecule has 3 rings (SSSR count). The predicted molar refractivity (Wildman–Crippen MR) is 75.0 cm³/mol. The van der Waals surface area contributed by atoms with Crippen LogP contribution in [0, 0.1) is 0 Å². The average molecular weight is 267 g/mol. The van der Waals surface area contributed by atoms with E-state index in [0.717, 1.165) is 0 Å². The molecule has 4 heteroatoms. The highest BCUT2D eigenvalue weighted by Crippen LogP contribution is 2.30. The second kappa shape index (κ2) is 5.19. The van der Waals surface area contributed by atoms with Gasteiger partial charge in [-0.2, -0.15) is 0 Å². The maximum absolute atomic E-state index is 12.1. The van der Waals surface area contributed by atoms with Gasteiger partial charge in [0.15, 0.2) is 6.23 Å². The molecule has 0 bridgehead atoms. The van der Waals surface area contributed by atoms with Crippen LogP contribution in [0.4, 0.5) is 0 Å². The first-order valence-electron chi connectivity index (χ1n) is 6.26. The maximum atomic E-state index is 12.1. The summed E-state index contributed by atoms with van der Waals surface area (Å²) in [7, 11) is 0. The van der Waals surface area contributed by atoms with Crippen molar-refractivity contribution in [2.75, 3.05) is 0 Å². The van der Waals surface area contributed by atoms with Crippen molar-refractivity contribution in [3.8, 4) is 5.75 Å². The fraction of sp³-hybridized carbons (Fsp3) is 0.0625. The van der Waals surface area contributed by atoms with Crippen LogP contribution in [0.25, 0.3) is 6.08 Å². The number of hydrogen-bond donors (Lipinski definition) is 2. The number of esters is 1. The number of carbonyl (C=O) groups excluding carboxylic acids is 1. The first-order chi connectivity index (χ1) is 9.75. The Morgan fingerprint density at radius 3 is 2.70 bits per heavy atom. The van der Waals surface area contributed by atoms with Gasteiger partial charge in [-0.05, 0) is 30.5 Å². The van der Waals surface area contributed by atoms with Crippen LogP contribution in [0.1, 0.15) is 27.7 Å². The Morgan fingerprint density at radius 1 is 1.10 bits per heavy atom. The average Bonchev–Trinajstić information content (AvgIpc) is 2.49. The highest BCUT2D eigenvalue weighted by atomic mass is 16.5. The van der Waals surface area contributed by atoms with E-state index in [-0.39, 0.29) is 0 Å². The van der Waals surface area contributed by atoms with Crippen molar-refractivity contribution >= 4 is 12.0 Å². The first kappa shape index (κ1) is 12.4. The molecule has 0 aromatic heterocycles. The molecule has 0 saturated heterocycles. The summed E-state index contributed by atoms with van der Waals surface area (Å²) in [6.45, 7) is 0. The van der Waals surface area contributed by atoms with Crippen LogP contribution in [-0.4, -0.2) is 11.1 Å². The molecular formula is C16H13NO3. The highest BCUT2D eigenvalue weighted by molar-refractivity contribution is 5.91. The van der Waals surface area contributed by atoms with Crippen LogP contribution in [0.5, 0.6) is 5.75 Å². The number of carbonyl (C=O) groups is 1. The Labute approximate surface area is 116 Å². The number of aliphatic hydroxyl groups is 1. The molecule has 0 aliphatic carbocycles. The lowest BCUT2D eigenvalue weighted by Crippen LogP contribution is -2.19. The normalized spacial score (nSPS) is 16.1. The smallest absolute Gasteiger partial charge is 0.343 e. The van der Waals surface area contributed by atoms with Crippen LogP contribution in [-0.2, 0) is 0 Å². The van der Waals surface area contributed by atoms with Crippen molar-refractivity contribution < 1.29 is 14.6 Å². The minimum atomic E-state index is -0.787. The van der Waals surface area contributed by atoms with Gasteiger partial charge in [-0.1, -0.05) is 30.3 Å². The molecule has 1 atom stereocenters. The lowest BCUT2D eigenvalue weighted by atomic mass is 10.0. The van der Waals surface area contributed by atoms with Gasteiger partial charge in [0, 0.05) is 11.1 Å². The van der Waals surface area contributed by atoms with E-state index in [9.17, 15) is 9.90 Å². The summed E-state index contributed by atoms with van der Waals surface area (Å²) in [5.41, 5.74) is 1.89. The Balaban J connectivity index is 1.91. The molecule has 1 aliphatic rings. The molecule has 1 aliphatic heterocycles. The van der Waals surface area contributed by atoms with Gasteiger partial charge in [0.25, 0.3) is 0 Å². The monoisotopic (exact) mass is 267 g/mol. The largest absolute Gasteiger partial charge is 0.422 e. The second-order valence-electron chi connectivity index (χ2n) is 4.42. The highest BCUT2D eigenvalue weighted by Gasteiger charge is 2.18. The third-order valence-corrected chi connectivity index (χ3v) is 3.11. The fourth-order valence-electron chi connectivity index (χ4n) is 2.11. The molecule has 0 spiro atoms. The predicted octanol–water partition coefficient (Wildman–Crippen LogP) is 2.47. The van der Waals surface area contributed by atoms with Crippen LogP contribution in [0.15, 0.2) is 54.7 Å². The molecule has 4 nitrogen and oxygen atoms in total. The van der Waals surface area contributed by atoms with Gasteiger partial charge in [-0.25, -0.2) is 4.79 Å². The van der Waals surface area contributed by atoms with E-state index in [4.69, 9.17) is 4.74 Å². The van der Waals surface area contributed by atoms with E-state index < -0.39 is 12.2 Å².